The van der Waals surface area contributed by atoms with E-state index < -0.39 is 0 Å². The number of hydrogen-bond donors (Lipinski definition) is 1. The average molecular weight is 454 g/mol. The van der Waals surface area contributed by atoms with E-state index >= 15 is 0 Å². The third-order valence-electron chi connectivity index (χ3n) is 6.06. The van der Waals surface area contributed by atoms with E-state index in [4.69, 9.17) is 0 Å². The summed E-state index contributed by atoms with van der Waals surface area (Å²) in [4.78, 5) is 16.9. The van der Waals surface area contributed by atoms with Crippen LogP contribution in [0.1, 0.15) is 57.2 Å². The van der Waals surface area contributed by atoms with Gasteiger partial charge in [0.25, 0.3) is 0 Å². The number of aromatic nitrogens is 4. The molecule has 2 heterocycles. The molecule has 1 aliphatic rings. The Kier molecular flexibility index (Phi) is 7.19. The third kappa shape index (κ3) is 5.18. The lowest BCUT2D eigenvalue weighted by Crippen LogP contribution is -2.28. The maximum atomic E-state index is 13.2. The van der Waals surface area contributed by atoms with Crippen molar-refractivity contribution in [2.24, 2.45) is 5.92 Å². The molecule has 0 aliphatic heterocycles. The minimum absolute atomic E-state index is 0.0963. The molecule has 0 saturated heterocycles. The smallest absolute Gasteiger partial charge is 0.230 e. The molecule has 2 aromatic heterocycles. The Morgan fingerprint density at radius 2 is 2.00 bits per heavy atom. The zero-order valence-electron chi connectivity index (χ0n) is 18.4. The first-order valence-corrected chi connectivity index (χ1v) is 12.0. The van der Waals surface area contributed by atoms with E-state index in [1.54, 1.807) is 24.5 Å². The van der Waals surface area contributed by atoms with Crippen LogP contribution in [0.15, 0.2) is 53.9 Å². The zero-order chi connectivity index (χ0) is 22.5. The van der Waals surface area contributed by atoms with Gasteiger partial charge in [0.2, 0.25) is 5.91 Å². The summed E-state index contributed by atoms with van der Waals surface area (Å²) < 4.78 is 15.4. The van der Waals surface area contributed by atoms with Crippen molar-refractivity contribution >= 4 is 17.7 Å². The number of nitrogens with zero attached hydrogens (tertiary/aromatic N) is 4. The van der Waals surface area contributed by atoms with Crippen LogP contribution in [-0.2, 0) is 4.79 Å². The summed E-state index contributed by atoms with van der Waals surface area (Å²) in [6.07, 6.45) is 8.23. The molecule has 0 radical (unpaired) electrons. The van der Waals surface area contributed by atoms with E-state index in [2.05, 4.69) is 32.0 Å². The number of nitrogens with one attached hydrogen (secondary N) is 1. The van der Waals surface area contributed by atoms with Crippen molar-refractivity contribution in [1.82, 2.24) is 25.1 Å². The highest BCUT2D eigenvalue weighted by Gasteiger charge is 2.29. The van der Waals surface area contributed by atoms with Crippen LogP contribution in [0, 0.1) is 11.7 Å². The SMILES string of the molecule is C[C@H](NC(=O)CSc1nnc(-c2cccnc2)n1[C@H]1CCCC[C@@H]1C)c1ccc(F)cc1. The number of carbonyl (C=O) groups is 1. The van der Waals surface area contributed by atoms with Gasteiger partial charge in [-0.1, -0.05) is 43.7 Å². The largest absolute Gasteiger partial charge is 0.349 e. The van der Waals surface area contributed by atoms with E-state index in [0.29, 0.717) is 12.0 Å². The Balaban J connectivity index is 1.50. The first kappa shape index (κ1) is 22.5. The molecule has 1 aromatic carbocycles. The molecule has 1 N–H and O–H groups in total. The number of pyridine rings is 1. The highest BCUT2D eigenvalue weighted by Crippen LogP contribution is 2.38. The van der Waals surface area contributed by atoms with Gasteiger partial charge in [0.05, 0.1) is 11.8 Å². The molecule has 0 bridgehead atoms. The topological polar surface area (TPSA) is 72.7 Å². The lowest BCUT2D eigenvalue weighted by molar-refractivity contribution is -0.119. The molecule has 1 amide bonds. The standard InChI is InChI=1S/C24H28FN5OS/c1-16-6-3-4-8-21(16)30-23(19-7-5-13-26-14-19)28-29-24(30)32-15-22(31)27-17(2)18-9-11-20(25)12-10-18/h5,7,9-14,16-17,21H,3-4,6,8,15H2,1-2H3,(H,27,31)/t16-,17-,21-/m0/s1. The predicted octanol–water partition coefficient (Wildman–Crippen LogP) is 5.20. The van der Waals surface area contributed by atoms with Gasteiger partial charge in [0.15, 0.2) is 11.0 Å². The van der Waals surface area contributed by atoms with Crippen molar-refractivity contribution in [2.45, 2.75) is 56.8 Å². The quantitative estimate of drug-likeness (QED) is 0.498. The van der Waals surface area contributed by atoms with Crippen molar-refractivity contribution in [1.29, 1.82) is 0 Å². The van der Waals surface area contributed by atoms with Gasteiger partial charge in [-0.2, -0.15) is 0 Å². The van der Waals surface area contributed by atoms with Gasteiger partial charge in [0.1, 0.15) is 5.82 Å². The molecule has 1 saturated carbocycles. The van der Waals surface area contributed by atoms with Crippen LogP contribution in [0.4, 0.5) is 4.39 Å². The lowest BCUT2D eigenvalue weighted by Gasteiger charge is -2.31. The number of hydrogen-bond acceptors (Lipinski definition) is 5. The number of amides is 1. The van der Waals surface area contributed by atoms with E-state index in [1.165, 1.54) is 43.2 Å². The highest BCUT2D eigenvalue weighted by atomic mass is 32.2. The fraction of sp³-hybridized carbons (Fsp3) is 0.417. The summed E-state index contributed by atoms with van der Waals surface area (Å²) in [5.74, 6) is 1.17. The van der Waals surface area contributed by atoms with Crippen LogP contribution < -0.4 is 5.32 Å². The van der Waals surface area contributed by atoms with Crippen LogP contribution in [0.2, 0.25) is 0 Å². The summed E-state index contributed by atoms with van der Waals surface area (Å²) in [6.45, 7) is 4.17. The van der Waals surface area contributed by atoms with Crippen molar-refractivity contribution in [2.75, 3.05) is 5.75 Å². The summed E-state index contributed by atoms with van der Waals surface area (Å²) in [7, 11) is 0. The van der Waals surface area contributed by atoms with E-state index in [1.807, 2.05) is 19.1 Å². The van der Waals surface area contributed by atoms with Gasteiger partial charge >= 0.3 is 0 Å². The fourth-order valence-corrected chi connectivity index (χ4v) is 5.10. The molecule has 0 spiro atoms. The molecule has 1 aliphatic carbocycles. The monoisotopic (exact) mass is 453 g/mol. The minimum atomic E-state index is -0.288. The number of rotatable bonds is 7. The van der Waals surface area contributed by atoms with Gasteiger partial charge in [-0.3, -0.25) is 14.3 Å². The number of carbonyl (C=O) groups excluding carboxylic acids is 1. The average Bonchev–Trinajstić information content (AvgIpc) is 3.23. The first-order chi connectivity index (χ1) is 15.5. The van der Waals surface area contributed by atoms with Gasteiger partial charge < -0.3 is 5.32 Å². The Hall–Kier alpha value is -2.74. The number of halogens is 1. The van der Waals surface area contributed by atoms with Crippen molar-refractivity contribution < 1.29 is 9.18 Å². The highest BCUT2D eigenvalue weighted by molar-refractivity contribution is 7.99. The first-order valence-electron chi connectivity index (χ1n) is 11.1. The molecule has 3 aromatic rings. The molecule has 0 unspecified atom stereocenters. The second-order valence-electron chi connectivity index (χ2n) is 8.38. The minimum Gasteiger partial charge on any atom is -0.349 e. The van der Waals surface area contributed by atoms with Gasteiger partial charge in [-0.05, 0) is 55.5 Å². The summed E-state index contributed by atoms with van der Waals surface area (Å²) in [5, 5.41) is 12.7. The maximum absolute atomic E-state index is 13.2. The maximum Gasteiger partial charge on any atom is 0.230 e. The zero-order valence-corrected chi connectivity index (χ0v) is 19.2. The Bertz CT molecular complexity index is 1040. The summed E-state index contributed by atoms with van der Waals surface area (Å²) >= 11 is 1.40. The molecule has 1 fully saturated rings. The third-order valence-corrected chi connectivity index (χ3v) is 7.01. The Labute approximate surface area is 192 Å². The van der Waals surface area contributed by atoms with Crippen LogP contribution in [0.3, 0.4) is 0 Å². The Morgan fingerprint density at radius 3 is 2.72 bits per heavy atom. The van der Waals surface area contributed by atoms with Crippen LogP contribution in [0.25, 0.3) is 11.4 Å². The van der Waals surface area contributed by atoms with Crippen LogP contribution in [0.5, 0.6) is 0 Å². The fourth-order valence-electron chi connectivity index (χ4n) is 4.29. The molecule has 4 rings (SSSR count). The molecular formula is C24H28FN5OS. The second kappa shape index (κ2) is 10.3. The molecule has 32 heavy (non-hydrogen) atoms. The second-order valence-corrected chi connectivity index (χ2v) is 9.32. The van der Waals surface area contributed by atoms with E-state index in [9.17, 15) is 9.18 Å². The number of thioether (sulfide) groups is 1. The normalized spacial score (nSPS) is 19.5. The van der Waals surface area contributed by atoms with E-state index in [0.717, 1.165) is 28.5 Å². The summed E-state index contributed by atoms with van der Waals surface area (Å²) in [6, 6.07) is 10.2. The Morgan fingerprint density at radius 1 is 1.22 bits per heavy atom. The molecule has 8 heteroatoms. The molecule has 6 nitrogen and oxygen atoms in total. The lowest BCUT2D eigenvalue weighted by atomic mass is 9.85. The van der Waals surface area contributed by atoms with Crippen molar-refractivity contribution in [3.63, 3.8) is 0 Å². The van der Waals surface area contributed by atoms with Crippen LogP contribution >= 0.6 is 11.8 Å². The van der Waals surface area contributed by atoms with Crippen LogP contribution in [-0.4, -0.2) is 31.4 Å². The van der Waals surface area contributed by atoms with Gasteiger partial charge in [0, 0.05) is 24.0 Å². The molecule has 3 atom stereocenters. The molecule has 168 valence electrons. The van der Waals surface area contributed by atoms with E-state index in [-0.39, 0.29) is 23.5 Å². The van der Waals surface area contributed by atoms with Crippen molar-refractivity contribution in [3.8, 4) is 11.4 Å². The van der Waals surface area contributed by atoms with Gasteiger partial charge in [-0.25, -0.2) is 4.39 Å². The van der Waals surface area contributed by atoms with Gasteiger partial charge in [-0.15, -0.1) is 10.2 Å². The number of benzene rings is 1. The molecular weight excluding hydrogens is 425 g/mol. The van der Waals surface area contributed by atoms with Crippen molar-refractivity contribution in [3.05, 3.63) is 60.2 Å². The predicted molar refractivity (Wildman–Crippen MR) is 124 cm³/mol. The summed E-state index contributed by atoms with van der Waals surface area (Å²) in [5.41, 5.74) is 1.79.